The maximum atomic E-state index is 12.8. The van der Waals surface area contributed by atoms with Gasteiger partial charge in [0, 0.05) is 55.4 Å². The zero-order chi connectivity index (χ0) is 17.9. The third kappa shape index (κ3) is 3.81. The SMILES string of the molecule is CN(C)c1cccc2c(S(=O)(=O)NCCc3ccccn3)cccc12. The van der Waals surface area contributed by atoms with E-state index >= 15 is 0 Å². The van der Waals surface area contributed by atoms with E-state index in [1.807, 2.05) is 61.5 Å². The molecule has 0 aliphatic heterocycles. The van der Waals surface area contributed by atoms with Crippen molar-refractivity contribution in [1.82, 2.24) is 9.71 Å². The fourth-order valence-corrected chi connectivity index (χ4v) is 4.08. The first-order valence-corrected chi connectivity index (χ1v) is 9.56. The van der Waals surface area contributed by atoms with Gasteiger partial charge in [-0.25, -0.2) is 13.1 Å². The Morgan fingerprint density at radius 3 is 2.44 bits per heavy atom. The van der Waals surface area contributed by atoms with Crippen molar-refractivity contribution in [3.8, 4) is 0 Å². The van der Waals surface area contributed by atoms with Gasteiger partial charge in [0.05, 0.1) is 4.90 Å². The smallest absolute Gasteiger partial charge is 0.241 e. The molecule has 2 aromatic carbocycles. The second kappa shape index (κ2) is 7.21. The van der Waals surface area contributed by atoms with Crippen LogP contribution in [-0.4, -0.2) is 34.0 Å². The molecule has 3 rings (SSSR count). The fraction of sp³-hybridized carbons (Fsp3) is 0.211. The highest BCUT2D eigenvalue weighted by Crippen LogP contribution is 2.29. The summed E-state index contributed by atoms with van der Waals surface area (Å²) < 4.78 is 28.2. The van der Waals surface area contributed by atoms with E-state index in [2.05, 4.69) is 9.71 Å². The third-order valence-corrected chi connectivity index (χ3v) is 5.55. The first-order chi connectivity index (χ1) is 12.0. The average molecular weight is 355 g/mol. The molecule has 3 aromatic rings. The minimum Gasteiger partial charge on any atom is -0.377 e. The highest BCUT2D eigenvalue weighted by atomic mass is 32.2. The van der Waals surface area contributed by atoms with Gasteiger partial charge in [0.15, 0.2) is 0 Å². The number of hydrogen-bond donors (Lipinski definition) is 1. The number of anilines is 1. The van der Waals surface area contributed by atoms with Crippen LogP contribution in [0.2, 0.25) is 0 Å². The third-order valence-electron chi connectivity index (χ3n) is 4.03. The summed E-state index contributed by atoms with van der Waals surface area (Å²) in [7, 11) is 0.295. The van der Waals surface area contributed by atoms with Crippen molar-refractivity contribution in [2.75, 3.05) is 25.5 Å². The van der Waals surface area contributed by atoms with Crippen LogP contribution < -0.4 is 9.62 Å². The van der Waals surface area contributed by atoms with Gasteiger partial charge in [0.1, 0.15) is 0 Å². The summed E-state index contributed by atoms with van der Waals surface area (Å²) in [6.07, 6.45) is 2.26. The van der Waals surface area contributed by atoms with E-state index in [1.54, 1.807) is 18.3 Å². The summed E-state index contributed by atoms with van der Waals surface area (Å²) >= 11 is 0. The molecule has 0 fully saturated rings. The van der Waals surface area contributed by atoms with Crippen molar-refractivity contribution < 1.29 is 8.42 Å². The van der Waals surface area contributed by atoms with Gasteiger partial charge in [-0.1, -0.05) is 30.3 Å². The molecule has 0 saturated carbocycles. The summed E-state index contributed by atoms with van der Waals surface area (Å²) in [6.45, 7) is 0.309. The summed E-state index contributed by atoms with van der Waals surface area (Å²) in [5, 5.41) is 1.64. The van der Waals surface area contributed by atoms with Gasteiger partial charge >= 0.3 is 0 Å². The van der Waals surface area contributed by atoms with Gasteiger partial charge in [0.25, 0.3) is 0 Å². The first kappa shape index (κ1) is 17.4. The molecule has 0 unspecified atom stereocenters. The standard InChI is InChI=1S/C19H21N3O2S/c1-22(2)18-10-5-9-17-16(18)8-6-11-19(17)25(23,24)21-14-12-15-7-3-4-13-20-15/h3-11,13,21H,12,14H2,1-2H3. The zero-order valence-electron chi connectivity index (χ0n) is 14.3. The number of sulfonamides is 1. The van der Waals surface area contributed by atoms with Gasteiger partial charge in [-0.15, -0.1) is 0 Å². The van der Waals surface area contributed by atoms with Crippen molar-refractivity contribution in [3.63, 3.8) is 0 Å². The molecule has 6 heteroatoms. The topological polar surface area (TPSA) is 62.3 Å². The Bertz CT molecular complexity index is 970. The normalized spacial score (nSPS) is 11.6. The highest BCUT2D eigenvalue weighted by Gasteiger charge is 2.18. The van der Waals surface area contributed by atoms with Crippen LogP contribution in [0.25, 0.3) is 10.8 Å². The quantitative estimate of drug-likeness (QED) is 0.739. The molecule has 0 aliphatic rings. The zero-order valence-corrected chi connectivity index (χ0v) is 15.1. The number of benzene rings is 2. The largest absolute Gasteiger partial charge is 0.377 e. The Morgan fingerprint density at radius 1 is 0.960 bits per heavy atom. The van der Waals surface area contributed by atoms with Crippen LogP contribution in [0.4, 0.5) is 5.69 Å². The molecule has 0 atom stereocenters. The summed E-state index contributed by atoms with van der Waals surface area (Å²) in [4.78, 5) is 6.49. The molecule has 0 amide bonds. The molecule has 25 heavy (non-hydrogen) atoms. The molecule has 0 spiro atoms. The first-order valence-electron chi connectivity index (χ1n) is 8.08. The number of nitrogens with zero attached hydrogens (tertiary/aromatic N) is 2. The molecular formula is C19H21N3O2S. The minimum atomic E-state index is -3.60. The molecule has 0 radical (unpaired) electrons. The second-order valence-electron chi connectivity index (χ2n) is 5.99. The number of aromatic nitrogens is 1. The monoisotopic (exact) mass is 355 g/mol. The molecule has 0 aliphatic carbocycles. The van der Waals surface area contributed by atoms with E-state index in [-0.39, 0.29) is 0 Å². The molecule has 0 bridgehead atoms. The predicted molar refractivity (Wildman–Crippen MR) is 101 cm³/mol. The van der Waals surface area contributed by atoms with E-state index < -0.39 is 10.0 Å². The van der Waals surface area contributed by atoms with Crippen molar-refractivity contribution in [1.29, 1.82) is 0 Å². The molecule has 1 heterocycles. The van der Waals surface area contributed by atoms with Crippen LogP contribution >= 0.6 is 0 Å². The van der Waals surface area contributed by atoms with Crippen LogP contribution in [0.5, 0.6) is 0 Å². The number of rotatable bonds is 6. The van der Waals surface area contributed by atoms with E-state index in [1.165, 1.54) is 0 Å². The lowest BCUT2D eigenvalue weighted by atomic mass is 10.1. The summed E-state index contributed by atoms with van der Waals surface area (Å²) in [5.41, 5.74) is 1.85. The highest BCUT2D eigenvalue weighted by molar-refractivity contribution is 7.89. The van der Waals surface area contributed by atoms with Crippen LogP contribution in [0, 0.1) is 0 Å². The summed E-state index contributed by atoms with van der Waals surface area (Å²) in [5.74, 6) is 0. The number of fused-ring (bicyclic) bond motifs is 1. The molecule has 130 valence electrons. The maximum absolute atomic E-state index is 12.8. The molecule has 0 saturated heterocycles. The Hall–Kier alpha value is -2.44. The van der Waals surface area contributed by atoms with Gasteiger partial charge in [-0.2, -0.15) is 0 Å². The summed E-state index contributed by atoms with van der Waals surface area (Å²) in [6, 6.07) is 16.7. The van der Waals surface area contributed by atoms with Crippen LogP contribution in [0.15, 0.2) is 65.7 Å². The minimum absolute atomic E-state index is 0.301. The Kier molecular flexibility index (Phi) is 5.01. The second-order valence-corrected chi connectivity index (χ2v) is 7.73. The van der Waals surface area contributed by atoms with Crippen LogP contribution in [0.1, 0.15) is 5.69 Å². The van der Waals surface area contributed by atoms with Crippen molar-refractivity contribution in [3.05, 3.63) is 66.5 Å². The molecular weight excluding hydrogens is 334 g/mol. The van der Waals surface area contributed by atoms with E-state index in [0.29, 0.717) is 17.9 Å². The lowest BCUT2D eigenvalue weighted by Crippen LogP contribution is -2.26. The van der Waals surface area contributed by atoms with Gasteiger partial charge < -0.3 is 4.90 Å². The Labute approximate surface area is 148 Å². The van der Waals surface area contributed by atoms with Crippen molar-refractivity contribution in [2.45, 2.75) is 11.3 Å². The van der Waals surface area contributed by atoms with Gasteiger partial charge in [-0.05, 0) is 24.3 Å². The van der Waals surface area contributed by atoms with Gasteiger partial charge in [0.2, 0.25) is 10.0 Å². The fourth-order valence-electron chi connectivity index (χ4n) is 2.83. The maximum Gasteiger partial charge on any atom is 0.241 e. The molecule has 5 nitrogen and oxygen atoms in total. The molecule has 1 N–H and O–H groups in total. The number of hydrogen-bond acceptors (Lipinski definition) is 4. The van der Waals surface area contributed by atoms with E-state index in [9.17, 15) is 8.42 Å². The van der Waals surface area contributed by atoms with Crippen LogP contribution in [0.3, 0.4) is 0 Å². The average Bonchev–Trinajstić information content (AvgIpc) is 2.61. The van der Waals surface area contributed by atoms with E-state index in [0.717, 1.165) is 22.2 Å². The molecule has 1 aromatic heterocycles. The lowest BCUT2D eigenvalue weighted by Gasteiger charge is -2.17. The van der Waals surface area contributed by atoms with Crippen molar-refractivity contribution in [2.24, 2.45) is 0 Å². The number of nitrogens with one attached hydrogen (secondary N) is 1. The van der Waals surface area contributed by atoms with Crippen molar-refractivity contribution >= 4 is 26.5 Å². The van der Waals surface area contributed by atoms with Gasteiger partial charge in [-0.3, -0.25) is 4.98 Å². The Balaban J connectivity index is 1.88. The Morgan fingerprint density at radius 2 is 1.72 bits per heavy atom. The predicted octanol–water partition coefficient (Wildman–Crippen LogP) is 2.82. The van der Waals surface area contributed by atoms with Crippen LogP contribution in [-0.2, 0) is 16.4 Å². The van der Waals surface area contributed by atoms with E-state index in [4.69, 9.17) is 0 Å². The lowest BCUT2D eigenvalue weighted by molar-refractivity contribution is 0.582. The number of pyridine rings is 1.